The minimum atomic E-state index is 0.635. The molecule has 0 aliphatic rings. The van der Waals surface area contributed by atoms with Crippen molar-refractivity contribution in [1.29, 1.82) is 0 Å². The highest BCUT2D eigenvalue weighted by molar-refractivity contribution is 5.48. The lowest BCUT2D eigenvalue weighted by Gasteiger charge is -2.14. The third kappa shape index (κ3) is 4.19. The van der Waals surface area contributed by atoms with E-state index in [1.165, 1.54) is 0 Å². The van der Waals surface area contributed by atoms with Crippen LogP contribution in [-0.2, 0) is 0 Å². The lowest BCUT2D eigenvalue weighted by molar-refractivity contribution is 0.252. The topological polar surface area (TPSA) is 50.3 Å². The molecule has 1 heterocycles. The average molecular weight is 238 g/mol. The van der Waals surface area contributed by atoms with Gasteiger partial charge in [-0.2, -0.15) is 4.98 Å². The van der Waals surface area contributed by atoms with E-state index in [0.717, 1.165) is 30.3 Å². The SMILES string of the molecule is CCNc1nc(C)nc(OCCN(C)C)c1C. The van der Waals surface area contributed by atoms with Crippen LogP contribution >= 0.6 is 0 Å². The molecule has 0 spiro atoms. The standard InChI is InChI=1S/C12H22N4O/c1-6-13-11-9(2)12(15-10(3)14-11)17-8-7-16(4)5/h6-8H2,1-5H3,(H,13,14,15). The molecule has 0 aliphatic heterocycles. The first-order valence-electron chi connectivity index (χ1n) is 5.91. The molecular weight excluding hydrogens is 216 g/mol. The molecule has 0 saturated carbocycles. The quantitative estimate of drug-likeness (QED) is 0.813. The number of hydrogen-bond donors (Lipinski definition) is 1. The van der Waals surface area contributed by atoms with Crippen LogP contribution in [0.4, 0.5) is 5.82 Å². The first-order chi connectivity index (χ1) is 8.04. The summed E-state index contributed by atoms with van der Waals surface area (Å²) in [5.74, 6) is 2.27. The molecule has 1 aromatic heterocycles. The Morgan fingerprint density at radius 3 is 2.53 bits per heavy atom. The molecule has 0 bridgehead atoms. The predicted octanol–water partition coefficient (Wildman–Crippen LogP) is 1.47. The van der Waals surface area contributed by atoms with Crippen LogP contribution in [0.1, 0.15) is 18.3 Å². The lowest BCUT2D eigenvalue weighted by Crippen LogP contribution is -2.20. The minimum absolute atomic E-state index is 0.635. The smallest absolute Gasteiger partial charge is 0.221 e. The number of nitrogens with zero attached hydrogens (tertiary/aromatic N) is 3. The van der Waals surface area contributed by atoms with E-state index >= 15 is 0 Å². The van der Waals surface area contributed by atoms with E-state index in [4.69, 9.17) is 4.74 Å². The zero-order valence-corrected chi connectivity index (χ0v) is 11.4. The minimum Gasteiger partial charge on any atom is -0.476 e. The third-order valence-corrected chi connectivity index (χ3v) is 2.33. The Morgan fingerprint density at radius 2 is 1.94 bits per heavy atom. The van der Waals surface area contributed by atoms with E-state index in [1.807, 2.05) is 34.9 Å². The summed E-state index contributed by atoms with van der Waals surface area (Å²) in [6.07, 6.45) is 0. The van der Waals surface area contributed by atoms with E-state index in [0.29, 0.717) is 12.5 Å². The van der Waals surface area contributed by atoms with Crippen LogP contribution in [-0.4, -0.2) is 48.7 Å². The highest BCUT2D eigenvalue weighted by Crippen LogP contribution is 2.21. The second-order valence-corrected chi connectivity index (χ2v) is 4.23. The highest BCUT2D eigenvalue weighted by atomic mass is 16.5. The van der Waals surface area contributed by atoms with Crippen molar-refractivity contribution in [1.82, 2.24) is 14.9 Å². The molecule has 1 rings (SSSR count). The van der Waals surface area contributed by atoms with Gasteiger partial charge in [0.15, 0.2) is 0 Å². The molecule has 1 aromatic rings. The molecule has 0 atom stereocenters. The fourth-order valence-corrected chi connectivity index (χ4v) is 1.41. The monoisotopic (exact) mass is 238 g/mol. The molecule has 96 valence electrons. The van der Waals surface area contributed by atoms with Crippen molar-refractivity contribution in [2.24, 2.45) is 0 Å². The fraction of sp³-hybridized carbons (Fsp3) is 0.667. The van der Waals surface area contributed by atoms with Crippen LogP contribution in [0.25, 0.3) is 0 Å². The number of aryl methyl sites for hydroxylation is 1. The van der Waals surface area contributed by atoms with E-state index in [-0.39, 0.29) is 0 Å². The van der Waals surface area contributed by atoms with Crippen molar-refractivity contribution < 1.29 is 4.74 Å². The molecule has 0 fully saturated rings. The zero-order valence-electron chi connectivity index (χ0n) is 11.4. The molecular formula is C12H22N4O. The number of anilines is 1. The maximum Gasteiger partial charge on any atom is 0.221 e. The molecule has 5 heteroatoms. The van der Waals surface area contributed by atoms with Crippen LogP contribution in [0, 0.1) is 13.8 Å². The van der Waals surface area contributed by atoms with Crippen LogP contribution in [0.5, 0.6) is 5.88 Å². The van der Waals surface area contributed by atoms with Crippen LogP contribution in [0.15, 0.2) is 0 Å². The normalized spacial score (nSPS) is 10.7. The summed E-state index contributed by atoms with van der Waals surface area (Å²) in [6.45, 7) is 8.24. The van der Waals surface area contributed by atoms with Crippen molar-refractivity contribution in [3.63, 3.8) is 0 Å². The number of likely N-dealkylation sites (N-methyl/N-ethyl adjacent to an activating group) is 1. The Kier molecular flexibility index (Phi) is 5.15. The molecule has 5 nitrogen and oxygen atoms in total. The fourth-order valence-electron chi connectivity index (χ4n) is 1.41. The van der Waals surface area contributed by atoms with Crippen molar-refractivity contribution in [2.75, 3.05) is 39.1 Å². The van der Waals surface area contributed by atoms with Gasteiger partial charge in [0.05, 0.1) is 5.56 Å². The van der Waals surface area contributed by atoms with Gasteiger partial charge in [0.2, 0.25) is 5.88 Å². The van der Waals surface area contributed by atoms with Crippen molar-refractivity contribution >= 4 is 5.82 Å². The second-order valence-electron chi connectivity index (χ2n) is 4.23. The van der Waals surface area contributed by atoms with Gasteiger partial charge in [0, 0.05) is 13.1 Å². The summed E-state index contributed by atoms with van der Waals surface area (Å²) in [6, 6.07) is 0. The second kappa shape index (κ2) is 6.39. The summed E-state index contributed by atoms with van der Waals surface area (Å²) in [5, 5.41) is 3.21. The van der Waals surface area contributed by atoms with Gasteiger partial charge < -0.3 is 15.0 Å². The summed E-state index contributed by atoms with van der Waals surface area (Å²) < 4.78 is 5.68. The Bertz CT molecular complexity index is 366. The van der Waals surface area contributed by atoms with Crippen molar-refractivity contribution in [2.45, 2.75) is 20.8 Å². The maximum atomic E-state index is 5.68. The maximum absolute atomic E-state index is 5.68. The number of aromatic nitrogens is 2. The van der Waals surface area contributed by atoms with Crippen molar-refractivity contribution in [3.05, 3.63) is 11.4 Å². The van der Waals surface area contributed by atoms with E-state index in [2.05, 4.69) is 20.2 Å². The van der Waals surface area contributed by atoms with Gasteiger partial charge in [-0.3, -0.25) is 0 Å². The van der Waals surface area contributed by atoms with Gasteiger partial charge in [-0.05, 0) is 34.9 Å². The Hall–Kier alpha value is -1.36. The van der Waals surface area contributed by atoms with Gasteiger partial charge >= 0.3 is 0 Å². The summed E-state index contributed by atoms with van der Waals surface area (Å²) in [5.41, 5.74) is 0.969. The molecule has 0 radical (unpaired) electrons. The first kappa shape index (κ1) is 13.7. The molecule has 0 aliphatic carbocycles. The Morgan fingerprint density at radius 1 is 1.24 bits per heavy atom. The zero-order chi connectivity index (χ0) is 12.8. The van der Waals surface area contributed by atoms with Crippen molar-refractivity contribution in [3.8, 4) is 5.88 Å². The highest BCUT2D eigenvalue weighted by Gasteiger charge is 2.09. The van der Waals surface area contributed by atoms with Gasteiger partial charge in [-0.1, -0.05) is 0 Å². The predicted molar refractivity (Wildman–Crippen MR) is 69.7 cm³/mol. The number of rotatable bonds is 6. The number of hydrogen-bond acceptors (Lipinski definition) is 5. The van der Waals surface area contributed by atoms with E-state index < -0.39 is 0 Å². The summed E-state index contributed by atoms with van der Waals surface area (Å²) >= 11 is 0. The Labute approximate surface area is 103 Å². The molecule has 17 heavy (non-hydrogen) atoms. The largest absolute Gasteiger partial charge is 0.476 e. The average Bonchev–Trinajstić information content (AvgIpc) is 2.24. The first-order valence-corrected chi connectivity index (χ1v) is 5.91. The molecule has 0 saturated heterocycles. The molecule has 0 amide bonds. The molecule has 1 N–H and O–H groups in total. The number of nitrogens with one attached hydrogen (secondary N) is 1. The summed E-state index contributed by atoms with van der Waals surface area (Å²) in [7, 11) is 4.04. The molecule has 0 unspecified atom stereocenters. The number of ether oxygens (including phenoxy) is 1. The lowest BCUT2D eigenvalue weighted by atomic mass is 10.3. The van der Waals surface area contributed by atoms with Gasteiger partial charge in [0.25, 0.3) is 0 Å². The third-order valence-electron chi connectivity index (χ3n) is 2.33. The van der Waals surface area contributed by atoms with Gasteiger partial charge in [-0.25, -0.2) is 4.98 Å². The van der Waals surface area contributed by atoms with Crippen LogP contribution < -0.4 is 10.1 Å². The van der Waals surface area contributed by atoms with E-state index in [1.54, 1.807) is 0 Å². The van der Waals surface area contributed by atoms with Crippen LogP contribution in [0.3, 0.4) is 0 Å². The van der Waals surface area contributed by atoms with Crippen LogP contribution in [0.2, 0.25) is 0 Å². The van der Waals surface area contributed by atoms with Gasteiger partial charge in [-0.15, -0.1) is 0 Å². The van der Waals surface area contributed by atoms with E-state index in [9.17, 15) is 0 Å². The summed E-state index contributed by atoms with van der Waals surface area (Å²) in [4.78, 5) is 10.8. The molecule has 0 aromatic carbocycles. The Balaban J connectivity index is 2.76. The van der Waals surface area contributed by atoms with Gasteiger partial charge in [0.1, 0.15) is 18.2 Å².